The summed E-state index contributed by atoms with van der Waals surface area (Å²) in [5.74, 6) is 0. The molecule has 3 aromatic carbocycles. The Labute approximate surface area is 162 Å². The maximum Gasteiger partial charge on any atom is 0.261 e. The largest absolute Gasteiger partial charge is 0.279 e. The van der Waals surface area contributed by atoms with Crippen LogP contribution in [0.5, 0.6) is 0 Å². The molecule has 0 fully saturated rings. The molecular weight excluding hydrogens is 376 g/mol. The summed E-state index contributed by atoms with van der Waals surface area (Å²) in [6, 6.07) is 20.3. The maximum atomic E-state index is 12.8. The van der Waals surface area contributed by atoms with Gasteiger partial charge in [-0.3, -0.25) is 4.72 Å². The first kappa shape index (κ1) is 17.7. The quantitative estimate of drug-likeness (QED) is 0.505. The van der Waals surface area contributed by atoms with Crippen molar-refractivity contribution in [1.29, 1.82) is 0 Å². The molecule has 0 radical (unpaired) electrons. The SMILES string of the molecule is Cc1ccc(S(=O)(=O)Nc2ccccc2-c2nc3ccc(C)cc3s2)cc1. The van der Waals surface area contributed by atoms with Gasteiger partial charge in [0, 0.05) is 5.56 Å². The highest BCUT2D eigenvalue weighted by Crippen LogP contribution is 2.35. The van der Waals surface area contributed by atoms with Gasteiger partial charge in [0.2, 0.25) is 0 Å². The number of rotatable bonds is 4. The molecule has 1 N–H and O–H groups in total. The Balaban J connectivity index is 1.75. The lowest BCUT2D eigenvalue weighted by atomic mass is 10.2. The fraction of sp³-hybridized carbons (Fsp3) is 0.0952. The number of anilines is 1. The number of thiazole rings is 1. The molecule has 0 amide bonds. The van der Waals surface area contributed by atoms with E-state index in [2.05, 4.69) is 15.8 Å². The van der Waals surface area contributed by atoms with E-state index in [-0.39, 0.29) is 4.90 Å². The number of aromatic nitrogens is 1. The standard InChI is InChI=1S/C21H18N2O2S2/c1-14-7-10-16(11-8-14)27(24,25)23-18-6-4-3-5-17(18)21-22-19-12-9-15(2)13-20(19)26-21/h3-13,23H,1-2H3. The average Bonchev–Trinajstić information content (AvgIpc) is 3.05. The van der Waals surface area contributed by atoms with Gasteiger partial charge in [-0.15, -0.1) is 11.3 Å². The fourth-order valence-corrected chi connectivity index (χ4v) is 5.01. The zero-order valence-corrected chi connectivity index (χ0v) is 16.6. The van der Waals surface area contributed by atoms with E-state index < -0.39 is 10.0 Å². The number of hydrogen-bond acceptors (Lipinski definition) is 4. The van der Waals surface area contributed by atoms with E-state index in [1.54, 1.807) is 41.7 Å². The number of nitrogens with one attached hydrogen (secondary N) is 1. The van der Waals surface area contributed by atoms with E-state index in [0.717, 1.165) is 26.4 Å². The van der Waals surface area contributed by atoms with E-state index in [1.165, 1.54) is 5.56 Å². The third-order valence-corrected chi connectivity index (χ3v) is 6.71. The van der Waals surface area contributed by atoms with Crippen molar-refractivity contribution in [2.75, 3.05) is 4.72 Å². The number of benzene rings is 3. The number of hydrogen-bond donors (Lipinski definition) is 1. The molecule has 0 atom stereocenters. The van der Waals surface area contributed by atoms with Crippen LogP contribution in [0.4, 0.5) is 5.69 Å². The lowest BCUT2D eigenvalue weighted by molar-refractivity contribution is 0.601. The predicted octanol–water partition coefficient (Wildman–Crippen LogP) is 5.38. The summed E-state index contributed by atoms with van der Waals surface area (Å²) in [4.78, 5) is 4.92. The van der Waals surface area contributed by atoms with E-state index >= 15 is 0 Å². The fourth-order valence-electron chi connectivity index (χ4n) is 2.83. The van der Waals surface area contributed by atoms with Crippen LogP contribution in [-0.2, 0) is 10.0 Å². The molecule has 0 bridgehead atoms. The highest BCUT2D eigenvalue weighted by molar-refractivity contribution is 7.92. The van der Waals surface area contributed by atoms with Crippen molar-refractivity contribution in [2.24, 2.45) is 0 Å². The molecule has 0 saturated carbocycles. The van der Waals surface area contributed by atoms with Gasteiger partial charge in [-0.05, 0) is 55.8 Å². The lowest BCUT2D eigenvalue weighted by Crippen LogP contribution is -2.13. The van der Waals surface area contributed by atoms with Crippen molar-refractivity contribution in [1.82, 2.24) is 4.98 Å². The number of para-hydroxylation sites is 1. The highest BCUT2D eigenvalue weighted by atomic mass is 32.2. The van der Waals surface area contributed by atoms with Crippen LogP contribution in [0.25, 0.3) is 20.8 Å². The average molecular weight is 395 g/mol. The van der Waals surface area contributed by atoms with Gasteiger partial charge in [-0.1, -0.05) is 35.9 Å². The van der Waals surface area contributed by atoms with Crippen molar-refractivity contribution in [3.63, 3.8) is 0 Å². The molecule has 1 heterocycles. The zero-order valence-electron chi connectivity index (χ0n) is 14.9. The Hall–Kier alpha value is -2.70. The van der Waals surface area contributed by atoms with Crippen LogP contribution in [-0.4, -0.2) is 13.4 Å². The Kier molecular flexibility index (Phi) is 4.45. The van der Waals surface area contributed by atoms with Gasteiger partial charge in [0.05, 0.1) is 20.8 Å². The second-order valence-corrected chi connectivity index (χ2v) is 9.17. The van der Waals surface area contributed by atoms with E-state index in [9.17, 15) is 8.42 Å². The topological polar surface area (TPSA) is 59.1 Å². The van der Waals surface area contributed by atoms with Crippen molar-refractivity contribution in [2.45, 2.75) is 18.7 Å². The smallest absolute Gasteiger partial charge is 0.261 e. The second kappa shape index (κ2) is 6.79. The molecule has 0 saturated heterocycles. The number of sulfonamides is 1. The number of aryl methyl sites for hydroxylation is 2. The Morgan fingerprint density at radius 2 is 1.59 bits per heavy atom. The van der Waals surface area contributed by atoms with Crippen LogP contribution >= 0.6 is 11.3 Å². The molecule has 0 aliphatic heterocycles. The number of nitrogens with zero attached hydrogens (tertiary/aromatic N) is 1. The Morgan fingerprint density at radius 1 is 0.889 bits per heavy atom. The van der Waals surface area contributed by atoms with Gasteiger partial charge < -0.3 is 0 Å². The monoisotopic (exact) mass is 394 g/mol. The van der Waals surface area contributed by atoms with Gasteiger partial charge in [-0.25, -0.2) is 13.4 Å². The van der Waals surface area contributed by atoms with Gasteiger partial charge in [0.25, 0.3) is 10.0 Å². The van der Waals surface area contributed by atoms with Crippen LogP contribution in [0.1, 0.15) is 11.1 Å². The van der Waals surface area contributed by atoms with Crippen molar-refractivity contribution in [3.05, 3.63) is 77.9 Å². The summed E-state index contributed by atoms with van der Waals surface area (Å²) in [6.07, 6.45) is 0. The molecule has 6 heteroatoms. The summed E-state index contributed by atoms with van der Waals surface area (Å²) in [5, 5.41) is 0.790. The summed E-state index contributed by atoms with van der Waals surface area (Å²) in [6.45, 7) is 3.97. The van der Waals surface area contributed by atoms with Gasteiger partial charge in [-0.2, -0.15) is 0 Å². The van der Waals surface area contributed by atoms with Crippen LogP contribution in [0.2, 0.25) is 0 Å². The molecular formula is C21H18N2O2S2. The van der Waals surface area contributed by atoms with Crippen molar-refractivity contribution >= 4 is 37.3 Å². The summed E-state index contributed by atoms with van der Waals surface area (Å²) < 4.78 is 29.4. The normalized spacial score (nSPS) is 11.6. The first-order chi connectivity index (χ1) is 12.9. The molecule has 4 rings (SSSR count). The molecule has 1 aromatic heterocycles. The second-order valence-electron chi connectivity index (χ2n) is 6.45. The van der Waals surface area contributed by atoms with Gasteiger partial charge in [0.15, 0.2) is 0 Å². The van der Waals surface area contributed by atoms with Gasteiger partial charge in [0.1, 0.15) is 5.01 Å². The Bertz CT molecular complexity index is 1230. The van der Waals surface area contributed by atoms with Crippen LogP contribution in [0, 0.1) is 13.8 Å². The highest BCUT2D eigenvalue weighted by Gasteiger charge is 2.18. The molecule has 0 aliphatic rings. The molecule has 0 unspecified atom stereocenters. The molecule has 136 valence electrons. The molecule has 27 heavy (non-hydrogen) atoms. The molecule has 4 aromatic rings. The maximum absolute atomic E-state index is 12.8. The first-order valence-corrected chi connectivity index (χ1v) is 10.8. The van der Waals surface area contributed by atoms with E-state index in [1.807, 2.05) is 44.2 Å². The Morgan fingerprint density at radius 3 is 2.37 bits per heavy atom. The minimum atomic E-state index is -3.67. The van der Waals surface area contributed by atoms with Crippen LogP contribution in [0.15, 0.2) is 71.6 Å². The molecule has 0 spiro atoms. The van der Waals surface area contributed by atoms with Crippen LogP contribution in [0.3, 0.4) is 0 Å². The van der Waals surface area contributed by atoms with Crippen molar-refractivity contribution < 1.29 is 8.42 Å². The minimum Gasteiger partial charge on any atom is -0.279 e. The molecule has 4 nitrogen and oxygen atoms in total. The molecule has 0 aliphatic carbocycles. The third-order valence-electron chi connectivity index (χ3n) is 4.28. The summed E-state index contributed by atoms with van der Waals surface area (Å²) in [7, 11) is -3.67. The van der Waals surface area contributed by atoms with E-state index in [4.69, 9.17) is 0 Å². The van der Waals surface area contributed by atoms with Crippen molar-refractivity contribution in [3.8, 4) is 10.6 Å². The summed E-state index contributed by atoms with van der Waals surface area (Å²) >= 11 is 1.56. The number of fused-ring (bicyclic) bond motifs is 1. The zero-order chi connectivity index (χ0) is 19.0. The first-order valence-electron chi connectivity index (χ1n) is 8.48. The third kappa shape index (κ3) is 3.59. The van der Waals surface area contributed by atoms with Gasteiger partial charge >= 0.3 is 0 Å². The summed E-state index contributed by atoms with van der Waals surface area (Å²) in [5.41, 5.74) is 4.39. The lowest BCUT2D eigenvalue weighted by Gasteiger charge is -2.11. The van der Waals surface area contributed by atoms with E-state index in [0.29, 0.717) is 5.69 Å². The minimum absolute atomic E-state index is 0.239. The predicted molar refractivity (Wildman–Crippen MR) is 112 cm³/mol. The van der Waals surface area contributed by atoms with Crippen LogP contribution < -0.4 is 4.72 Å².